The molecule has 0 heterocycles. The molecule has 5 heteroatoms. The number of nitrogens with two attached hydrogens (primary N) is 1. The molecule has 0 spiro atoms. The molecule has 0 radical (unpaired) electrons. The highest BCUT2D eigenvalue weighted by Gasteiger charge is 2.24. The van der Waals surface area contributed by atoms with Crippen LogP contribution in [0.15, 0.2) is 4.90 Å². The first-order valence-corrected chi connectivity index (χ1v) is 6.36. The Kier molecular flexibility index (Phi) is 3.48. The maximum absolute atomic E-state index is 13.2. The first kappa shape index (κ1) is 13.5. The lowest BCUT2D eigenvalue weighted by Crippen LogP contribution is -2.09. The van der Waals surface area contributed by atoms with Crippen LogP contribution < -0.4 is 5.73 Å². The van der Waals surface area contributed by atoms with E-state index in [1.165, 1.54) is 6.92 Å². The van der Waals surface area contributed by atoms with Crippen molar-refractivity contribution in [2.45, 2.75) is 32.1 Å². The third-order valence-corrected chi connectivity index (χ3v) is 4.02. The van der Waals surface area contributed by atoms with Crippen molar-refractivity contribution in [1.82, 2.24) is 0 Å². The lowest BCUT2D eigenvalue weighted by atomic mass is 9.95. The van der Waals surface area contributed by atoms with Crippen LogP contribution in [0.2, 0.25) is 0 Å². The fraction of sp³-hybridized carbons (Fsp3) is 0.333. The molecule has 1 aromatic rings. The molecule has 0 amide bonds. The Morgan fingerprint density at radius 2 is 1.76 bits per heavy atom. The van der Waals surface area contributed by atoms with Crippen molar-refractivity contribution in [3.8, 4) is 12.3 Å². The van der Waals surface area contributed by atoms with Crippen LogP contribution in [0.3, 0.4) is 0 Å². The van der Waals surface area contributed by atoms with Crippen molar-refractivity contribution < 1.29 is 12.3 Å². The van der Waals surface area contributed by atoms with Crippen molar-refractivity contribution in [1.29, 1.82) is 0 Å². The highest BCUT2D eigenvalue weighted by molar-refractivity contribution is 7.86. The van der Waals surface area contributed by atoms with Crippen LogP contribution in [0.1, 0.15) is 22.3 Å². The van der Waals surface area contributed by atoms with Crippen molar-refractivity contribution in [2.24, 2.45) is 0 Å². The monoisotopic (exact) mass is 255 g/mol. The normalized spacial score (nSPS) is 11.2. The summed E-state index contributed by atoms with van der Waals surface area (Å²) in [5, 5.41) is 0. The number of halogens is 1. The smallest absolute Gasteiger partial charge is 0.332 e. The summed E-state index contributed by atoms with van der Waals surface area (Å²) in [5.74, 6) is 2.42. The number of benzene rings is 1. The van der Waals surface area contributed by atoms with E-state index in [1.54, 1.807) is 13.8 Å². The molecule has 92 valence electrons. The molecule has 17 heavy (non-hydrogen) atoms. The van der Waals surface area contributed by atoms with E-state index in [0.717, 1.165) is 0 Å². The molecule has 0 atom stereocenters. The van der Waals surface area contributed by atoms with Gasteiger partial charge in [0, 0.05) is 12.1 Å². The quantitative estimate of drug-likeness (QED) is 0.499. The zero-order chi connectivity index (χ0) is 13.4. The van der Waals surface area contributed by atoms with E-state index >= 15 is 0 Å². The summed E-state index contributed by atoms with van der Waals surface area (Å²) in [4.78, 5) is -0.356. The van der Waals surface area contributed by atoms with Gasteiger partial charge in [-0.25, -0.2) is 0 Å². The maximum Gasteiger partial charge on any atom is 0.332 e. The van der Waals surface area contributed by atoms with Crippen LogP contribution >= 0.6 is 0 Å². The molecule has 3 nitrogen and oxygen atoms in total. The van der Waals surface area contributed by atoms with Gasteiger partial charge in [-0.1, -0.05) is 0 Å². The van der Waals surface area contributed by atoms with Gasteiger partial charge in [0.2, 0.25) is 0 Å². The molecule has 0 saturated heterocycles. The Bertz CT molecular complexity index is 613. The van der Waals surface area contributed by atoms with Gasteiger partial charge in [0.1, 0.15) is 4.90 Å². The molecule has 1 rings (SSSR count). The average Bonchev–Trinajstić information content (AvgIpc) is 2.19. The second-order valence-corrected chi connectivity index (χ2v) is 5.20. The van der Waals surface area contributed by atoms with Crippen LogP contribution in [0.4, 0.5) is 9.57 Å². The maximum atomic E-state index is 13.2. The summed E-state index contributed by atoms with van der Waals surface area (Å²) in [6.07, 6.45) is 5.44. The minimum absolute atomic E-state index is 0.227. The Balaban J connectivity index is 3.82. The molecular weight excluding hydrogens is 241 g/mol. The highest BCUT2D eigenvalue weighted by atomic mass is 32.3. The Morgan fingerprint density at radius 1 is 1.24 bits per heavy atom. The summed E-state index contributed by atoms with van der Waals surface area (Å²) in [6, 6.07) is 0. The molecule has 0 unspecified atom stereocenters. The minimum Gasteiger partial charge on any atom is -0.398 e. The van der Waals surface area contributed by atoms with Gasteiger partial charge in [-0.05, 0) is 43.0 Å². The van der Waals surface area contributed by atoms with E-state index in [-0.39, 0.29) is 22.6 Å². The minimum atomic E-state index is -4.79. The van der Waals surface area contributed by atoms with Crippen molar-refractivity contribution in [3.05, 3.63) is 22.3 Å². The summed E-state index contributed by atoms with van der Waals surface area (Å²) in [5.41, 5.74) is 7.95. The number of nitrogen functional groups attached to an aromatic ring is 1. The lowest BCUT2D eigenvalue weighted by Gasteiger charge is -2.16. The largest absolute Gasteiger partial charge is 0.398 e. The molecule has 1 aromatic carbocycles. The zero-order valence-corrected chi connectivity index (χ0v) is 10.8. The third-order valence-electron chi connectivity index (χ3n) is 2.92. The standard InChI is InChI=1S/C12H14FNO2S/c1-5-6-10-7(2)11(14)9(4)12(8(10)3)17(13,15)16/h1H,6,14H2,2-4H3. The SMILES string of the molecule is C#CCc1c(C)c(N)c(C)c(S(=O)(=O)F)c1C. The molecule has 0 aliphatic carbocycles. The molecule has 0 aliphatic heterocycles. The highest BCUT2D eigenvalue weighted by Crippen LogP contribution is 2.33. The molecule has 0 aromatic heterocycles. The number of terminal acetylenes is 1. The average molecular weight is 255 g/mol. The van der Waals surface area contributed by atoms with Crippen molar-refractivity contribution in [3.63, 3.8) is 0 Å². The zero-order valence-electron chi connectivity index (χ0n) is 9.96. The van der Waals surface area contributed by atoms with Crippen LogP contribution in [0.5, 0.6) is 0 Å². The van der Waals surface area contributed by atoms with Crippen LogP contribution in [0, 0.1) is 33.1 Å². The summed E-state index contributed by atoms with van der Waals surface area (Å²) in [6.45, 7) is 4.77. The molecule has 0 bridgehead atoms. The predicted octanol–water partition coefficient (Wildman–Crippen LogP) is 2.03. The Hall–Kier alpha value is -1.54. The third kappa shape index (κ3) is 2.27. The number of anilines is 1. The number of rotatable bonds is 2. The number of hydrogen-bond acceptors (Lipinski definition) is 3. The molecule has 0 aliphatic rings. The molecule has 2 N–H and O–H groups in total. The van der Waals surface area contributed by atoms with E-state index in [1.807, 2.05) is 0 Å². The van der Waals surface area contributed by atoms with Gasteiger partial charge in [-0.15, -0.1) is 16.2 Å². The Labute approximate surface area is 101 Å². The van der Waals surface area contributed by atoms with Crippen LogP contribution in [-0.2, 0) is 16.6 Å². The van der Waals surface area contributed by atoms with E-state index < -0.39 is 10.2 Å². The summed E-state index contributed by atoms with van der Waals surface area (Å²) < 4.78 is 35.5. The van der Waals surface area contributed by atoms with Crippen molar-refractivity contribution >= 4 is 15.9 Å². The van der Waals surface area contributed by atoms with E-state index in [4.69, 9.17) is 12.2 Å². The van der Waals surface area contributed by atoms with E-state index in [9.17, 15) is 12.3 Å². The first-order valence-electron chi connectivity index (χ1n) is 4.98. The number of hydrogen-bond donors (Lipinski definition) is 1. The van der Waals surface area contributed by atoms with E-state index in [0.29, 0.717) is 16.7 Å². The fourth-order valence-corrected chi connectivity index (χ4v) is 2.96. The van der Waals surface area contributed by atoms with Gasteiger partial charge in [-0.3, -0.25) is 0 Å². The predicted molar refractivity (Wildman–Crippen MR) is 65.9 cm³/mol. The summed E-state index contributed by atoms with van der Waals surface area (Å²) in [7, 11) is -4.79. The molecular formula is C12H14FNO2S. The van der Waals surface area contributed by atoms with E-state index in [2.05, 4.69) is 5.92 Å². The van der Waals surface area contributed by atoms with Gasteiger partial charge in [-0.2, -0.15) is 8.42 Å². The lowest BCUT2D eigenvalue weighted by molar-refractivity contribution is 0.550. The Morgan fingerprint density at radius 3 is 2.18 bits per heavy atom. The molecule has 0 saturated carbocycles. The fourth-order valence-electron chi connectivity index (χ4n) is 2.00. The van der Waals surface area contributed by atoms with Gasteiger partial charge >= 0.3 is 10.2 Å². The molecule has 0 fully saturated rings. The van der Waals surface area contributed by atoms with Gasteiger partial charge in [0.15, 0.2) is 0 Å². The van der Waals surface area contributed by atoms with Gasteiger partial charge in [0.05, 0.1) is 0 Å². The van der Waals surface area contributed by atoms with Gasteiger partial charge in [0.25, 0.3) is 0 Å². The topological polar surface area (TPSA) is 60.2 Å². The van der Waals surface area contributed by atoms with Gasteiger partial charge < -0.3 is 5.73 Å². The van der Waals surface area contributed by atoms with Crippen molar-refractivity contribution in [2.75, 3.05) is 5.73 Å². The van der Waals surface area contributed by atoms with Crippen LogP contribution in [-0.4, -0.2) is 8.42 Å². The second-order valence-electron chi connectivity index (χ2n) is 3.92. The first-order chi connectivity index (χ1) is 7.71. The van der Waals surface area contributed by atoms with Crippen LogP contribution in [0.25, 0.3) is 0 Å². The second kappa shape index (κ2) is 4.38. The summed E-state index contributed by atoms with van der Waals surface area (Å²) >= 11 is 0.